The Labute approximate surface area is 159 Å². The second-order valence-corrected chi connectivity index (χ2v) is 6.48. The summed E-state index contributed by atoms with van der Waals surface area (Å²) < 4.78 is 0. The number of hydrogen-bond acceptors (Lipinski definition) is 4. The molecule has 0 unspecified atom stereocenters. The van der Waals surface area contributed by atoms with E-state index in [1.54, 1.807) is 6.20 Å². The van der Waals surface area contributed by atoms with Gasteiger partial charge in [-0.15, -0.1) is 0 Å². The van der Waals surface area contributed by atoms with E-state index >= 15 is 0 Å². The minimum Gasteiger partial charge on any atom is -0.352 e. The predicted molar refractivity (Wildman–Crippen MR) is 107 cm³/mol. The summed E-state index contributed by atoms with van der Waals surface area (Å²) >= 11 is 0. The van der Waals surface area contributed by atoms with E-state index in [2.05, 4.69) is 27.2 Å². The molecule has 0 bridgehead atoms. The molecule has 3 aromatic rings. The molecule has 0 spiro atoms. The standard InChI is InChI=1S/C22H24N4O/c1-4-20-15(2)25-16(3)26-21(20)18-8-5-9-19(13-18)22(27)24-12-10-17-7-6-11-23-14-17/h5-9,11,13-14H,4,10,12H2,1-3H3,(H,24,27). The van der Waals surface area contributed by atoms with Crippen molar-refractivity contribution in [3.05, 3.63) is 77.0 Å². The quantitative estimate of drug-likeness (QED) is 0.728. The van der Waals surface area contributed by atoms with Gasteiger partial charge in [-0.3, -0.25) is 9.78 Å². The SMILES string of the molecule is CCc1c(C)nc(C)nc1-c1cccc(C(=O)NCCc2cccnc2)c1. The fraction of sp³-hybridized carbons (Fsp3) is 0.273. The van der Waals surface area contributed by atoms with Crippen LogP contribution >= 0.6 is 0 Å². The average Bonchev–Trinajstić information content (AvgIpc) is 2.68. The third-order valence-corrected chi connectivity index (χ3v) is 4.50. The van der Waals surface area contributed by atoms with Gasteiger partial charge in [0.25, 0.3) is 5.91 Å². The van der Waals surface area contributed by atoms with Crippen molar-refractivity contribution < 1.29 is 4.79 Å². The molecule has 2 aromatic heterocycles. The third kappa shape index (κ3) is 4.56. The fourth-order valence-corrected chi connectivity index (χ4v) is 3.17. The van der Waals surface area contributed by atoms with Crippen LogP contribution in [0.2, 0.25) is 0 Å². The molecule has 27 heavy (non-hydrogen) atoms. The first-order chi connectivity index (χ1) is 13.1. The van der Waals surface area contributed by atoms with Gasteiger partial charge >= 0.3 is 0 Å². The number of carbonyl (C=O) groups excluding carboxylic acids is 1. The Morgan fingerprint density at radius 2 is 1.96 bits per heavy atom. The fourth-order valence-electron chi connectivity index (χ4n) is 3.17. The summed E-state index contributed by atoms with van der Waals surface area (Å²) in [5.74, 6) is 0.660. The lowest BCUT2D eigenvalue weighted by Crippen LogP contribution is -2.25. The van der Waals surface area contributed by atoms with Crippen LogP contribution in [0, 0.1) is 13.8 Å². The Kier molecular flexibility index (Phi) is 5.91. The Morgan fingerprint density at radius 1 is 1.11 bits per heavy atom. The van der Waals surface area contributed by atoms with Crippen LogP contribution in [-0.4, -0.2) is 27.4 Å². The van der Waals surface area contributed by atoms with Crippen LogP contribution in [0.15, 0.2) is 48.8 Å². The topological polar surface area (TPSA) is 67.8 Å². The van der Waals surface area contributed by atoms with Gasteiger partial charge in [0.15, 0.2) is 0 Å². The summed E-state index contributed by atoms with van der Waals surface area (Å²) in [6.45, 7) is 6.57. The molecule has 0 radical (unpaired) electrons. The van der Waals surface area contributed by atoms with Crippen molar-refractivity contribution in [1.29, 1.82) is 0 Å². The van der Waals surface area contributed by atoms with Crippen molar-refractivity contribution >= 4 is 5.91 Å². The van der Waals surface area contributed by atoms with E-state index < -0.39 is 0 Å². The van der Waals surface area contributed by atoms with Gasteiger partial charge in [0.2, 0.25) is 0 Å². The number of rotatable bonds is 6. The summed E-state index contributed by atoms with van der Waals surface area (Å²) in [6, 6.07) is 11.5. The van der Waals surface area contributed by atoms with Gasteiger partial charge in [-0.05, 0) is 56.0 Å². The monoisotopic (exact) mass is 360 g/mol. The molecule has 1 N–H and O–H groups in total. The van der Waals surface area contributed by atoms with Gasteiger partial charge in [-0.1, -0.05) is 25.1 Å². The number of aryl methyl sites for hydroxylation is 2. The van der Waals surface area contributed by atoms with E-state index in [0.717, 1.165) is 46.7 Å². The highest BCUT2D eigenvalue weighted by Gasteiger charge is 2.13. The number of nitrogens with zero attached hydrogens (tertiary/aromatic N) is 3. The molecule has 5 nitrogen and oxygen atoms in total. The number of benzene rings is 1. The Bertz CT molecular complexity index is 938. The average molecular weight is 360 g/mol. The highest BCUT2D eigenvalue weighted by atomic mass is 16.1. The molecule has 0 atom stereocenters. The van der Waals surface area contributed by atoms with Gasteiger partial charge in [0.05, 0.1) is 5.69 Å². The summed E-state index contributed by atoms with van der Waals surface area (Å²) in [6.07, 6.45) is 5.17. The van der Waals surface area contributed by atoms with E-state index in [-0.39, 0.29) is 5.91 Å². The molecule has 2 heterocycles. The van der Waals surface area contributed by atoms with E-state index in [9.17, 15) is 4.79 Å². The third-order valence-electron chi connectivity index (χ3n) is 4.50. The molecule has 0 fully saturated rings. The Hall–Kier alpha value is -3.08. The van der Waals surface area contributed by atoms with Crippen molar-refractivity contribution in [1.82, 2.24) is 20.3 Å². The minimum absolute atomic E-state index is 0.0821. The van der Waals surface area contributed by atoms with E-state index in [4.69, 9.17) is 0 Å². The maximum Gasteiger partial charge on any atom is 0.251 e. The van der Waals surface area contributed by atoms with Crippen molar-refractivity contribution in [2.24, 2.45) is 0 Å². The molecule has 138 valence electrons. The summed E-state index contributed by atoms with van der Waals surface area (Å²) in [7, 11) is 0. The van der Waals surface area contributed by atoms with Crippen molar-refractivity contribution in [3.8, 4) is 11.3 Å². The van der Waals surface area contributed by atoms with Crippen LogP contribution in [0.1, 0.15) is 39.9 Å². The van der Waals surface area contributed by atoms with E-state index in [1.807, 2.05) is 56.4 Å². The maximum absolute atomic E-state index is 12.5. The lowest BCUT2D eigenvalue weighted by atomic mass is 10.0. The molecule has 1 aromatic carbocycles. The number of amides is 1. The van der Waals surface area contributed by atoms with Crippen LogP contribution in [0.25, 0.3) is 11.3 Å². The van der Waals surface area contributed by atoms with Gasteiger partial charge in [0, 0.05) is 35.8 Å². The maximum atomic E-state index is 12.5. The minimum atomic E-state index is -0.0821. The highest BCUT2D eigenvalue weighted by Crippen LogP contribution is 2.25. The summed E-state index contributed by atoms with van der Waals surface area (Å²) in [5, 5.41) is 2.98. The molecule has 1 amide bonds. The zero-order valence-corrected chi connectivity index (χ0v) is 16.0. The number of aromatic nitrogens is 3. The molecule has 0 aliphatic heterocycles. The van der Waals surface area contributed by atoms with Crippen LogP contribution in [0.5, 0.6) is 0 Å². The normalized spacial score (nSPS) is 10.6. The van der Waals surface area contributed by atoms with E-state index in [0.29, 0.717) is 12.1 Å². The zero-order chi connectivity index (χ0) is 19.2. The van der Waals surface area contributed by atoms with Crippen molar-refractivity contribution in [2.75, 3.05) is 6.54 Å². The molecule has 0 aliphatic rings. The lowest BCUT2D eigenvalue weighted by Gasteiger charge is -2.12. The molecule has 0 aliphatic carbocycles. The largest absolute Gasteiger partial charge is 0.352 e. The number of carbonyl (C=O) groups is 1. The van der Waals surface area contributed by atoms with Gasteiger partial charge in [0.1, 0.15) is 5.82 Å². The van der Waals surface area contributed by atoms with Crippen molar-refractivity contribution in [2.45, 2.75) is 33.6 Å². The second-order valence-electron chi connectivity index (χ2n) is 6.48. The molecular weight excluding hydrogens is 336 g/mol. The molecule has 0 saturated heterocycles. The first-order valence-corrected chi connectivity index (χ1v) is 9.20. The van der Waals surface area contributed by atoms with Crippen LogP contribution < -0.4 is 5.32 Å². The first-order valence-electron chi connectivity index (χ1n) is 9.20. The molecular formula is C22H24N4O. The summed E-state index contributed by atoms with van der Waals surface area (Å²) in [4.78, 5) is 25.7. The molecule has 0 saturated carbocycles. The molecule has 5 heteroatoms. The van der Waals surface area contributed by atoms with Crippen LogP contribution in [0.3, 0.4) is 0 Å². The number of hydrogen-bond donors (Lipinski definition) is 1. The Morgan fingerprint density at radius 3 is 2.70 bits per heavy atom. The zero-order valence-electron chi connectivity index (χ0n) is 16.0. The van der Waals surface area contributed by atoms with Crippen molar-refractivity contribution in [3.63, 3.8) is 0 Å². The smallest absolute Gasteiger partial charge is 0.251 e. The van der Waals surface area contributed by atoms with Crippen LogP contribution in [-0.2, 0) is 12.8 Å². The second kappa shape index (κ2) is 8.54. The van der Waals surface area contributed by atoms with Gasteiger partial charge in [-0.2, -0.15) is 0 Å². The first kappa shape index (κ1) is 18.7. The number of pyridine rings is 1. The van der Waals surface area contributed by atoms with Gasteiger partial charge < -0.3 is 5.32 Å². The van der Waals surface area contributed by atoms with E-state index in [1.165, 1.54) is 0 Å². The highest BCUT2D eigenvalue weighted by molar-refractivity contribution is 5.95. The summed E-state index contributed by atoms with van der Waals surface area (Å²) in [5.41, 5.74) is 5.70. The molecule has 3 rings (SSSR count). The van der Waals surface area contributed by atoms with Gasteiger partial charge in [-0.25, -0.2) is 9.97 Å². The lowest BCUT2D eigenvalue weighted by molar-refractivity contribution is 0.0954. The van der Waals surface area contributed by atoms with Crippen LogP contribution in [0.4, 0.5) is 0 Å². The predicted octanol–water partition coefficient (Wildman–Crippen LogP) is 3.69. The number of nitrogens with one attached hydrogen (secondary N) is 1. The Balaban J connectivity index is 1.77.